The third kappa shape index (κ3) is 4.24. The summed E-state index contributed by atoms with van der Waals surface area (Å²) in [7, 11) is 0. The van der Waals surface area contributed by atoms with E-state index in [0.29, 0.717) is 23.5 Å². The molecule has 0 saturated heterocycles. The number of aryl methyl sites for hydroxylation is 1. The minimum absolute atomic E-state index is 0.164. The van der Waals surface area contributed by atoms with Gasteiger partial charge in [-0.3, -0.25) is 4.79 Å². The lowest BCUT2D eigenvalue weighted by Gasteiger charge is -2.17. The summed E-state index contributed by atoms with van der Waals surface area (Å²) in [6, 6.07) is 14.7. The van der Waals surface area contributed by atoms with E-state index in [-0.39, 0.29) is 5.91 Å². The Bertz CT molecular complexity index is 591. The van der Waals surface area contributed by atoms with Gasteiger partial charge in [0, 0.05) is 11.4 Å². The average molecular weight is 284 g/mol. The van der Waals surface area contributed by atoms with E-state index in [1.807, 2.05) is 38.1 Å². The minimum atomic E-state index is -0.523. The maximum atomic E-state index is 12.2. The second-order valence-corrected chi connectivity index (χ2v) is 4.94. The van der Waals surface area contributed by atoms with Gasteiger partial charge in [0.1, 0.15) is 5.75 Å². The predicted octanol–water partition coefficient (Wildman–Crippen LogP) is 3.37. The quantitative estimate of drug-likeness (QED) is 0.827. The molecule has 0 fully saturated rings. The molecule has 2 aromatic carbocycles. The zero-order valence-corrected chi connectivity index (χ0v) is 12.3. The maximum absolute atomic E-state index is 12.2. The summed E-state index contributed by atoms with van der Waals surface area (Å²) >= 11 is 0. The van der Waals surface area contributed by atoms with Gasteiger partial charge in [-0.25, -0.2) is 0 Å². The normalized spacial score (nSPS) is 11.7. The lowest BCUT2D eigenvalue weighted by Crippen LogP contribution is -2.32. The first-order valence-electron chi connectivity index (χ1n) is 6.98. The number of benzene rings is 2. The Kier molecular flexibility index (Phi) is 4.82. The molecule has 0 radical (unpaired) electrons. The lowest BCUT2D eigenvalue weighted by atomic mass is 10.2. The van der Waals surface area contributed by atoms with Crippen LogP contribution in [0.25, 0.3) is 0 Å². The highest BCUT2D eigenvalue weighted by molar-refractivity contribution is 5.94. The summed E-state index contributed by atoms with van der Waals surface area (Å²) in [6.07, 6.45) is 0.0690. The van der Waals surface area contributed by atoms with Crippen LogP contribution in [-0.2, 0) is 4.79 Å². The fraction of sp³-hybridized carbons (Fsp3) is 0.235. The molecule has 110 valence electrons. The van der Waals surface area contributed by atoms with Gasteiger partial charge >= 0.3 is 0 Å². The first kappa shape index (κ1) is 14.9. The van der Waals surface area contributed by atoms with Crippen LogP contribution in [0.15, 0.2) is 48.5 Å². The number of rotatable bonds is 5. The molecule has 0 heterocycles. The van der Waals surface area contributed by atoms with Crippen molar-refractivity contribution < 1.29 is 9.53 Å². The highest BCUT2D eigenvalue weighted by Gasteiger charge is 2.18. The van der Waals surface area contributed by atoms with Crippen molar-refractivity contribution in [1.29, 1.82) is 0 Å². The minimum Gasteiger partial charge on any atom is -0.481 e. The van der Waals surface area contributed by atoms with Gasteiger partial charge in [0.25, 0.3) is 5.91 Å². The smallest absolute Gasteiger partial charge is 0.265 e. The SMILES string of the molecule is CCC(Oc1ccc(C)cc1)C(=O)Nc1ccc(N)cc1. The summed E-state index contributed by atoms with van der Waals surface area (Å²) in [5, 5.41) is 2.83. The van der Waals surface area contributed by atoms with Crippen molar-refractivity contribution in [3.63, 3.8) is 0 Å². The van der Waals surface area contributed by atoms with Crippen LogP contribution in [0.2, 0.25) is 0 Å². The van der Waals surface area contributed by atoms with Crippen LogP contribution in [0.1, 0.15) is 18.9 Å². The number of carbonyl (C=O) groups is 1. The zero-order chi connectivity index (χ0) is 15.2. The van der Waals surface area contributed by atoms with E-state index in [0.717, 1.165) is 5.56 Å². The summed E-state index contributed by atoms with van der Waals surface area (Å²) in [4.78, 5) is 12.2. The van der Waals surface area contributed by atoms with Gasteiger partial charge in [0.15, 0.2) is 6.10 Å². The highest BCUT2D eigenvalue weighted by atomic mass is 16.5. The Labute approximate surface area is 124 Å². The Morgan fingerprint density at radius 1 is 1.14 bits per heavy atom. The van der Waals surface area contributed by atoms with Gasteiger partial charge in [-0.2, -0.15) is 0 Å². The predicted molar refractivity (Wildman–Crippen MR) is 85.4 cm³/mol. The molecule has 0 aromatic heterocycles. The van der Waals surface area contributed by atoms with Gasteiger partial charge in [-0.1, -0.05) is 24.6 Å². The molecule has 2 rings (SSSR count). The molecule has 21 heavy (non-hydrogen) atoms. The van der Waals surface area contributed by atoms with Gasteiger partial charge in [-0.15, -0.1) is 0 Å². The number of anilines is 2. The molecular weight excluding hydrogens is 264 g/mol. The third-order valence-electron chi connectivity index (χ3n) is 3.14. The highest BCUT2D eigenvalue weighted by Crippen LogP contribution is 2.16. The first-order valence-corrected chi connectivity index (χ1v) is 6.98. The molecule has 1 amide bonds. The number of nitrogens with two attached hydrogens (primary N) is 1. The van der Waals surface area contributed by atoms with Gasteiger partial charge < -0.3 is 15.8 Å². The molecule has 0 aliphatic carbocycles. The van der Waals surface area contributed by atoms with E-state index in [9.17, 15) is 4.79 Å². The molecule has 4 heteroatoms. The van der Waals surface area contributed by atoms with Crippen molar-refractivity contribution in [3.05, 3.63) is 54.1 Å². The molecule has 1 unspecified atom stereocenters. The molecular formula is C17H20N2O2. The zero-order valence-electron chi connectivity index (χ0n) is 12.3. The van der Waals surface area contributed by atoms with Crippen LogP contribution in [0.3, 0.4) is 0 Å². The van der Waals surface area contributed by atoms with Crippen molar-refractivity contribution in [2.75, 3.05) is 11.1 Å². The Hall–Kier alpha value is -2.49. The van der Waals surface area contributed by atoms with Crippen LogP contribution in [0, 0.1) is 6.92 Å². The summed E-state index contributed by atoms with van der Waals surface area (Å²) in [6.45, 7) is 3.93. The van der Waals surface area contributed by atoms with Crippen LogP contribution in [0.4, 0.5) is 11.4 Å². The number of nitrogens with one attached hydrogen (secondary N) is 1. The molecule has 2 aromatic rings. The van der Waals surface area contributed by atoms with Crippen LogP contribution in [-0.4, -0.2) is 12.0 Å². The first-order chi connectivity index (χ1) is 10.1. The number of carbonyl (C=O) groups excluding carboxylic acids is 1. The Balaban J connectivity index is 2.01. The van der Waals surface area contributed by atoms with Gasteiger partial charge in [0.2, 0.25) is 0 Å². The van der Waals surface area contributed by atoms with Crippen LogP contribution >= 0.6 is 0 Å². The van der Waals surface area contributed by atoms with E-state index >= 15 is 0 Å². The number of nitrogen functional groups attached to an aromatic ring is 1. The second kappa shape index (κ2) is 6.79. The van der Waals surface area contributed by atoms with Crippen molar-refractivity contribution in [2.24, 2.45) is 0 Å². The summed E-state index contributed by atoms with van der Waals surface area (Å²) < 4.78 is 5.74. The third-order valence-corrected chi connectivity index (χ3v) is 3.14. The van der Waals surface area contributed by atoms with Crippen LogP contribution in [0.5, 0.6) is 5.75 Å². The largest absolute Gasteiger partial charge is 0.481 e. The monoisotopic (exact) mass is 284 g/mol. The summed E-state index contributed by atoms with van der Waals surface area (Å²) in [5.41, 5.74) is 8.15. The fourth-order valence-corrected chi connectivity index (χ4v) is 1.89. The Morgan fingerprint density at radius 2 is 1.76 bits per heavy atom. The van der Waals surface area contributed by atoms with E-state index in [1.54, 1.807) is 24.3 Å². The number of ether oxygens (including phenoxy) is 1. The maximum Gasteiger partial charge on any atom is 0.265 e. The Morgan fingerprint density at radius 3 is 2.33 bits per heavy atom. The second-order valence-electron chi connectivity index (χ2n) is 4.94. The number of amides is 1. The van der Waals surface area contributed by atoms with Crippen molar-refractivity contribution in [1.82, 2.24) is 0 Å². The lowest BCUT2D eigenvalue weighted by molar-refractivity contribution is -0.122. The van der Waals surface area contributed by atoms with Gasteiger partial charge in [-0.05, 0) is 49.7 Å². The number of hydrogen-bond acceptors (Lipinski definition) is 3. The molecule has 0 aliphatic heterocycles. The molecule has 0 spiro atoms. The fourth-order valence-electron chi connectivity index (χ4n) is 1.89. The molecule has 3 N–H and O–H groups in total. The van der Waals surface area contributed by atoms with E-state index < -0.39 is 6.10 Å². The molecule has 0 aliphatic rings. The van der Waals surface area contributed by atoms with Crippen LogP contribution < -0.4 is 15.8 Å². The average Bonchev–Trinajstić information content (AvgIpc) is 2.49. The summed E-state index contributed by atoms with van der Waals surface area (Å²) in [5.74, 6) is 0.530. The van der Waals surface area contributed by atoms with E-state index in [1.165, 1.54) is 0 Å². The van der Waals surface area contributed by atoms with E-state index in [2.05, 4.69) is 5.32 Å². The molecule has 0 bridgehead atoms. The standard InChI is InChI=1S/C17H20N2O2/c1-3-16(21-15-10-4-12(2)5-11-15)17(20)19-14-8-6-13(18)7-9-14/h4-11,16H,3,18H2,1-2H3,(H,19,20). The van der Waals surface area contributed by atoms with Crippen molar-refractivity contribution >= 4 is 17.3 Å². The van der Waals surface area contributed by atoms with Crippen molar-refractivity contribution in [2.45, 2.75) is 26.4 Å². The van der Waals surface area contributed by atoms with E-state index in [4.69, 9.17) is 10.5 Å². The molecule has 4 nitrogen and oxygen atoms in total. The molecule has 1 atom stereocenters. The topological polar surface area (TPSA) is 64.3 Å². The van der Waals surface area contributed by atoms with Crippen molar-refractivity contribution in [3.8, 4) is 5.75 Å². The molecule has 0 saturated carbocycles. The van der Waals surface area contributed by atoms with Gasteiger partial charge in [0.05, 0.1) is 0 Å². The number of hydrogen-bond donors (Lipinski definition) is 2.